The van der Waals surface area contributed by atoms with Crippen LogP contribution in [0.5, 0.6) is 0 Å². The summed E-state index contributed by atoms with van der Waals surface area (Å²) < 4.78 is 40.5. The van der Waals surface area contributed by atoms with Crippen LogP contribution in [0.2, 0.25) is 0 Å². The van der Waals surface area contributed by atoms with Gasteiger partial charge in [0.15, 0.2) is 10.2 Å². The summed E-state index contributed by atoms with van der Waals surface area (Å²) in [6.07, 6.45) is 1.51. The van der Waals surface area contributed by atoms with Crippen LogP contribution >= 0.6 is 23.6 Å². The fourth-order valence-corrected chi connectivity index (χ4v) is 4.03. The molecule has 2 aromatic carbocycles. The van der Waals surface area contributed by atoms with Gasteiger partial charge in [0, 0.05) is 17.3 Å². The molecule has 0 bridgehead atoms. The SMILES string of the molecule is O=S(=O)(Nc1nccs1)c1ccc(NC(=S)Nc2ccccc2F)cc1. The first kappa shape index (κ1) is 18.2. The number of hydrogen-bond acceptors (Lipinski definition) is 5. The number of aromatic nitrogens is 1. The van der Waals surface area contributed by atoms with E-state index in [-0.39, 0.29) is 15.7 Å². The van der Waals surface area contributed by atoms with Crippen molar-refractivity contribution in [3.8, 4) is 0 Å². The number of nitrogens with zero attached hydrogens (tertiary/aromatic N) is 1. The molecule has 0 atom stereocenters. The Kier molecular flexibility index (Phi) is 5.45. The summed E-state index contributed by atoms with van der Waals surface area (Å²) in [6.45, 7) is 0. The molecule has 6 nitrogen and oxygen atoms in total. The fourth-order valence-electron chi connectivity index (χ4n) is 2.01. The summed E-state index contributed by atoms with van der Waals surface area (Å²) in [5.74, 6) is -0.425. The van der Waals surface area contributed by atoms with Crippen molar-refractivity contribution in [2.24, 2.45) is 0 Å². The molecule has 0 radical (unpaired) electrons. The fraction of sp³-hybridized carbons (Fsp3) is 0. The molecular formula is C16H13FN4O2S3. The van der Waals surface area contributed by atoms with E-state index in [0.29, 0.717) is 10.8 Å². The largest absolute Gasteiger partial charge is 0.332 e. The van der Waals surface area contributed by atoms with Gasteiger partial charge < -0.3 is 10.6 Å². The van der Waals surface area contributed by atoms with Crippen molar-refractivity contribution >= 4 is 55.2 Å². The van der Waals surface area contributed by atoms with Gasteiger partial charge in [-0.1, -0.05) is 12.1 Å². The molecule has 10 heteroatoms. The molecule has 0 aliphatic heterocycles. The first-order chi connectivity index (χ1) is 12.4. The van der Waals surface area contributed by atoms with Gasteiger partial charge in [-0.05, 0) is 48.6 Å². The lowest BCUT2D eigenvalue weighted by molar-refractivity contribution is 0.601. The van der Waals surface area contributed by atoms with E-state index in [9.17, 15) is 12.8 Å². The molecule has 0 spiro atoms. The van der Waals surface area contributed by atoms with Crippen LogP contribution in [0.3, 0.4) is 0 Å². The van der Waals surface area contributed by atoms with Gasteiger partial charge in [-0.25, -0.2) is 17.8 Å². The smallest absolute Gasteiger partial charge is 0.263 e. The number of para-hydroxylation sites is 1. The average Bonchev–Trinajstić information content (AvgIpc) is 3.10. The Morgan fingerprint density at radius 3 is 2.46 bits per heavy atom. The van der Waals surface area contributed by atoms with Crippen molar-refractivity contribution in [1.29, 1.82) is 0 Å². The first-order valence-corrected chi connectivity index (χ1v) is 10.1. The minimum Gasteiger partial charge on any atom is -0.332 e. The highest BCUT2D eigenvalue weighted by molar-refractivity contribution is 7.93. The van der Waals surface area contributed by atoms with Gasteiger partial charge in [-0.3, -0.25) is 4.72 Å². The Bertz CT molecular complexity index is 1010. The number of halogens is 1. The standard InChI is InChI=1S/C16H13FN4O2S3/c17-13-3-1-2-4-14(13)20-15(24)19-11-5-7-12(8-6-11)26(22,23)21-16-18-9-10-25-16/h1-10H,(H,18,21)(H2,19,20,24). The number of anilines is 3. The van der Waals surface area contributed by atoms with E-state index in [4.69, 9.17) is 12.2 Å². The van der Waals surface area contributed by atoms with Gasteiger partial charge in [0.05, 0.1) is 10.6 Å². The second-order valence-corrected chi connectivity index (χ2v) is 8.01. The predicted molar refractivity (Wildman–Crippen MR) is 106 cm³/mol. The van der Waals surface area contributed by atoms with E-state index in [1.165, 1.54) is 35.7 Å². The molecule has 134 valence electrons. The molecule has 3 N–H and O–H groups in total. The van der Waals surface area contributed by atoms with Crippen LogP contribution < -0.4 is 15.4 Å². The molecule has 3 aromatic rings. The molecule has 0 unspecified atom stereocenters. The summed E-state index contributed by atoms with van der Waals surface area (Å²) in [7, 11) is -3.71. The second kappa shape index (κ2) is 7.77. The van der Waals surface area contributed by atoms with Crippen molar-refractivity contribution in [1.82, 2.24) is 4.98 Å². The molecule has 0 saturated heterocycles. The molecule has 0 aliphatic rings. The van der Waals surface area contributed by atoms with Crippen molar-refractivity contribution in [2.75, 3.05) is 15.4 Å². The zero-order valence-corrected chi connectivity index (χ0v) is 15.6. The highest BCUT2D eigenvalue weighted by Crippen LogP contribution is 2.20. The van der Waals surface area contributed by atoms with E-state index < -0.39 is 15.8 Å². The maximum Gasteiger partial charge on any atom is 0.263 e. The summed E-state index contributed by atoms with van der Waals surface area (Å²) in [6, 6.07) is 12.1. The molecule has 0 amide bonds. The summed E-state index contributed by atoms with van der Waals surface area (Å²) in [4.78, 5) is 3.98. The van der Waals surface area contributed by atoms with Crippen molar-refractivity contribution < 1.29 is 12.8 Å². The van der Waals surface area contributed by atoms with Crippen molar-refractivity contribution in [3.63, 3.8) is 0 Å². The topological polar surface area (TPSA) is 83.1 Å². The number of hydrogen-bond donors (Lipinski definition) is 3. The Labute approximate surface area is 159 Å². The maximum absolute atomic E-state index is 13.6. The van der Waals surface area contributed by atoms with Crippen LogP contribution in [0, 0.1) is 5.82 Å². The van der Waals surface area contributed by atoms with E-state index in [1.807, 2.05) is 0 Å². The molecule has 1 heterocycles. The van der Waals surface area contributed by atoms with Gasteiger partial charge in [0.25, 0.3) is 10.0 Å². The Morgan fingerprint density at radius 2 is 1.81 bits per heavy atom. The number of rotatable bonds is 5. The van der Waals surface area contributed by atoms with Crippen LogP contribution in [-0.4, -0.2) is 18.5 Å². The van der Waals surface area contributed by atoms with E-state index in [0.717, 1.165) is 0 Å². The zero-order chi connectivity index (χ0) is 18.6. The van der Waals surface area contributed by atoms with E-state index in [1.54, 1.807) is 35.7 Å². The zero-order valence-electron chi connectivity index (χ0n) is 13.1. The summed E-state index contributed by atoms with van der Waals surface area (Å²) in [5.41, 5.74) is 0.809. The maximum atomic E-state index is 13.6. The van der Waals surface area contributed by atoms with Crippen LogP contribution in [0.25, 0.3) is 0 Å². The van der Waals surface area contributed by atoms with Gasteiger partial charge in [-0.15, -0.1) is 11.3 Å². The minimum atomic E-state index is -3.71. The molecule has 0 saturated carbocycles. The summed E-state index contributed by atoms with van der Waals surface area (Å²) in [5, 5.41) is 7.77. The number of thiazole rings is 1. The van der Waals surface area contributed by atoms with Crippen molar-refractivity contribution in [2.45, 2.75) is 4.90 Å². The van der Waals surface area contributed by atoms with E-state index >= 15 is 0 Å². The quantitative estimate of drug-likeness (QED) is 0.556. The summed E-state index contributed by atoms with van der Waals surface area (Å²) >= 11 is 6.32. The number of nitrogens with one attached hydrogen (secondary N) is 3. The average molecular weight is 409 g/mol. The molecule has 26 heavy (non-hydrogen) atoms. The van der Waals surface area contributed by atoms with Crippen LogP contribution in [0.1, 0.15) is 0 Å². The van der Waals surface area contributed by atoms with Crippen LogP contribution in [0.15, 0.2) is 65.0 Å². The van der Waals surface area contributed by atoms with E-state index in [2.05, 4.69) is 20.3 Å². The highest BCUT2D eigenvalue weighted by Gasteiger charge is 2.15. The third kappa shape index (κ3) is 4.54. The molecular weight excluding hydrogens is 395 g/mol. The van der Waals surface area contributed by atoms with Gasteiger partial charge in [-0.2, -0.15) is 0 Å². The lowest BCUT2D eigenvalue weighted by atomic mass is 10.3. The Morgan fingerprint density at radius 1 is 1.08 bits per heavy atom. The third-order valence-corrected chi connectivity index (χ3v) is 5.58. The Hall–Kier alpha value is -2.56. The van der Waals surface area contributed by atoms with Crippen LogP contribution in [-0.2, 0) is 10.0 Å². The van der Waals surface area contributed by atoms with Crippen LogP contribution in [0.4, 0.5) is 20.9 Å². The monoisotopic (exact) mass is 408 g/mol. The first-order valence-electron chi connectivity index (χ1n) is 7.29. The number of sulfonamides is 1. The Balaban J connectivity index is 1.66. The highest BCUT2D eigenvalue weighted by atomic mass is 32.2. The number of thiocarbonyl (C=S) groups is 1. The van der Waals surface area contributed by atoms with Gasteiger partial charge in [0.1, 0.15) is 5.82 Å². The minimum absolute atomic E-state index is 0.0891. The lowest BCUT2D eigenvalue weighted by Crippen LogP contribution is -2.20. The van der Waals surface area contributed by atoms with Crippen molar-refractivity contribution in [3.05, 3.63) is 65.9 Å². The molecule has 0 fully saturated rings. The second-order valence-electron chi connectivity index (χ2n) is 5.03. The number of benzene rings is 2. The van der Waals surface area contributed by atoms with Gasteiger partial charge in [0.2, 0.25) is 0 Å². The van der Waals surface area contributed by atoms with Gasteiger partial charge >= 0.3 is 0 Å². The molecule has 1 aromatic heterocycles. The normalized spacial score (nSPS) is 11.0. The molecule has 0 aliphatic carbocycles. The lowest BCUT2D eigenvalue weighted by Gasteiger charge is -2.12. The third-order valence-electron chi connectivity index (χ3n) is 3.20. The predicted octanol–water partition coefficient (Wildman–Crippen LogP) is 3.89. The molecule has 3 rings (SSSR count).